The van der Waals surface area contributed by atoms with Crippen LogP contribution in [-0.4, -0.2) is 63.4 Å². The number of nitrogens with zero attached hydrogens (tertiary/aromatic N) is 1. The van der Waals surface area contributed by atoms with Crippen molar-refractivity contribution in [2.24, 2.45) is 17.6 Å². The van der Waals surface area contributed by atoms with Crippen LogP contribution in [0.5, 0.6) is 0 Å². The van der Waals surface area contributed by atoms with Crippen LogP contribution in [0.25, 0.3) is 0 Å². The number of imidazole rings is 1. The second-order valence-corrected chi connectivity index (χ2v) is 7.92. The Balaban J connectivity index is 2.58. The molecule has 0 aliphatic rings. The molecule has 0 aromatic carbocycles. The fourth-order valence-corrected chi connectivity index (χ4v) is 2.74. The number of aliphatic carboxylic acids is 1. The summed E-state index contributed by atoms with van der Waals surface area (Å²) in [5, 5.41) is 16.7. The van der Waals surface area contributed by atoms with E-state index in [0.717, 1.165) is 0 Å². The molecule has 30 heavy (non-hydrogen) atoms. The van der Waals surface area contributed by atoms with Gasteiger partial charge in [-0.05, 0) is 18.3 Å². The van der Waals surface area contributed by atoms with Crippen molar-refractivity contribution in [2.75, 3.05) is 6.54 Å². The Morgan fingerprint density at radius 1 is 1.13 bits per heavy atom. The number of nitrogens with two attached hydrogens (primary N) is 1. The maximum absolute atomic E-state index is 12.5. The third-order valence-electron chi connectivity index (χ3n) is 4.34. The van der Waals surface area contributed by atoms with Crippen LogP contribution in [0.2, 0.25) is 0 Å². The first-order valence-corrected chi connectivity index (χ1v) is 9.84. The molecule has 0 saturated heterocycles. The highest BCUT2D eigenvalue weighted by atomic mass is 16.4. The molecule has 0 aliphatic heterocycles. The molecule has 3 unspecified atom stereocenters. The third kappa shape index (κ3) is 8.60. The standard InChI is InChI=1S/C19H32N6O5/c1-10(2)5-14(19(29)30)24-18(28)16(11(3)4)25-15(26)8-22-17(27)13(20)6-12-7-21-9-23-12/h7,9-11,13-14,16H,5-6,8,20H2,1-4H3,(H,21,23)(H,22,27)(H,24,28)(H,25,26)(H,29,30). The molecule has 3 atom stereocenters. The van der Waals surface area contributed by atoms with Gasteiger partial charge in [0, 0.05) is 18.3 Å². The normalized spacial score (nSPS) is 14.1. The molecule has 0 saturated carbocycles. The van der Waals surface area contributed by atoms with Gasteiger partial charge in [0.25, 0.3) is 0 Å². The highest BCUT2D eigenvalue weighted by Gasteiger charge is 2.29. The lowest BCUT2D eigenvalue weighted by Gasteiger charge is -2.24. The van der Waals surface area contributed by atoms with Gasteiger partial charge in [-0.25, -0.2) is 9.78 Å². The molecule has 168 valence electrons. The Bertz CT molecular complexity index is 719. The molecule has 11 nitrogen and oxygen atoms in total. The van der Waals surface area contributed by atoms with Crippen molar-refractivity contribution in [1.82, 2.24) is 25.9 Å². The van der Waals surface area contributed by atoms with Crippen LogP contribution in [0.4, 0.5) is 0 Å². The topological polar surface area (TPSA) is 179 Å². The van der Waals surface area contributed by atoms with Crippen molar-refractivity contribution >= 4 is 23.7 Å². The zero-order valence-corrected chi connectivity index (χ0v) is 17.8. The van der Waals surface area contributed by atoms with E-state index in [0.29, 0.717) is 5.69 Å². The summed E-state index contributed by atoms with van der Waals surface area (Å²) in [4.78, 5) is 54.9. The van der Waals surface area contributed by atoms with Crippen LogP contribution >= 0.6 is 0 Å². The summed E-state index contributed by atoms with van der Waals surface area (Å²) in [6, 6.07) is -2.85. The Kier molecular flexibility index (Phi) is 9.96. The molecule has 0 fully saturated rings. The van der Waals surface area contributed by atoms with Gasteiger partial charge in [-0.3, -0.25) is 14.4 Å². The fraction of sp³-hybridized carbons (Fsp3) is 0.632. The van der Waals surface area contributed by atoms with Crippen LogP contribution in [0.1, 0.15) is 39.8 Å². The number of nitrogens with one attached hydrogen (secondary N) is 4. The molecular weight excluding hydrogens is 392 g/mol. The van der Waals surface area contributed by atoms with Crippen molar-refractivity contribution in [1.29, 1.82) is 0 Å². The SMILES string of the molecule is CC(C)CC(NC(=O)C(NC(=O)CNC(=O)C(N)Cc1cnc[nH]1)C(C)C)C(=O)O. The first kappa shape index (κ1) is 25.1. The minimum atomic E-state index is -1.13. The number of H-pyrrole nitrogens is 1. The van der Waals surface area contributed by atoms with Gasteiger partial charge >= 0.3 is 5.97 Å². The van der Waals surface area contributed by atoms with E-state index in [1.165, 1.54) is 6.33 Å². The van der Waals surface area contributed by atoms with Gasteiger partial charge in [0.1, 0.15) is 12.1 Å². The molecule has 3 amide bonds. The molecule has 0 bridgehead atoms. The van der Waals surface area contributed by atoms with Crippen molar-refractivity contribution in [3.05, 3.63) is 18.2 Å². The monoisotopic (exact) mass is 424 g/mol. The van der Waals surface area contributed by atoms with E-state index in [1.54, 1.807) is 20.0 Å². The summed E-state index contributed by atoms with van der Waals surface area (Å²) in [6.07, 6.45) is 3.52. The average molecular weight is 425 g/mol. The number of carboxylic acids is 1. The number of hydrogen-bond acceptors (Lipinski definition) is 6. The van der Waals surface area contributed by atoms with E-state index in [-0.39, 0.29) is 31.2 Å². The quantitative estimate of drug-likeness (QED) is 0.253. The summed E-state index contributed by atoms with van der Waals surface area (Å²) in [6.45, 7) is 6.79. The predicted molar refractivity (Wildman–Crippen MR) is 109 cm³/mol. The summed E-state index contributed by atoms with van der Waals surface area (Å²) in [5.41, 5.74) is 6.49. The maximum Gasteiger partial charge on any atom is 0.326 e. The number of rotatable bonds is 12. The molecule has 1 aromatic heterocycles. The van der Waals surface area contributed by atoms with E-state index in [2.05, 4.69) is 25.9 Å². The highest BCUT2D eigenvalue weighted by molar-refractivity contribution is 5.92. The molecule has 0 radical (unpaired) electrons. The summed E-state index contributed by atoms with van der Waals surface area (Å²) in [5.74, 6) is -3.05. The van der Waals surface area contributed by atoms with Gasteiger partial charge in [-0.2, -0.15) is 0 Å². The lowest BCUT2D eigenvalue weighted by atomic mass is 10.0. The fourth-order valence-electron chi connectivity index (χ4n) is 2.74. The summed E-state index contributed by atoms with van der Waals surface area (Å²) in [7, 11) is 0. The number of hydrogen-bond donors (Lipinski definition) is 6. The lowest BCUT2D eigenvalue weighted by Crippen LogP contribution is -2.55. The zero-order valence-electron chi connectivity index (χ0n) is 17.8. The highest BCUT2D eigenvalue weighted by Crippen LogP contribution is 2.08. The molecule has 0 spiro atoms. The Labute approximate surface area is 175 Å². The van der Waals surface area contributed by atoms with Gasteiger partial charge < -0.3 is 31.8 Å². The number of aromatic amines is 1. The number of carbonyl (C=O) groups is 4. The molecule has 0 aliphatic carbocycles. The minimum Gasteiger partial charge on any atom is -0.480 e. The number of carboxylic acid groups (broad SMARTS) is 1. The van der Waals surface area contributed by atoms with E-state index in [1.807, 2.05) is 13.8 Å². The smallest absolute Gasteiger partial charge is 0.326 e. The van der Waals surface area contributed by atoms with Crippen LogP contribution < -0.4 is 21.7 Å². The van der Waals surface area contributed by atoms with Crippen LogP contribution in [0.15, 0.2) is 12.5 Å². The number of carbonyl (C=O) groups excluding carboxylic acids is 3. The Morgan fingerprint density at radius 3 is 2.30 bits per heavy atom. The Hall–Kier alpha value is -2.95. The largest absolute Gasteiger partial charge is 0.480 e. The van der Waals surface area contributed by atoms with Gasteiger partial charge in [-0.15, -0.1) is 0 Å². The Morgan fingerprint density at radius 2 is 1.80 bits per heavy atom. The summed E-state index contributed by atoms with van der Waals surface area (Å²) >= 11 is 0. The number of amides is 3. The third-order valence-corrected chi connectivity index (χ3v) is 4.34. The van der Waals surface area contributed by atoms with E-state index in [4.69, 9.17) is 5.73 Å². The van der Waals surface area contributed by atoms with Crippen LogP contribution in [0, 0.1) is 11.8 Å². The number of aromatic nitrogens is 2. The van der Waals surface area contributed by atoms with Crippen molar-refractivity contribution in [3.63, 3.8) is 0 Å². The van der Waals surface area contributed by atoms with E-state index >= 15 is 0 Å². The first-order chi connectivity index (χ1) is 14.0. The lowest BCUT2D eigenvalue weighted by molar-refractivity contribution is -0.143. The first-order valence-electron chi connectivity index (χ1n) is 9.84. The second kappa shape index (κ2) is 11.9. The predicted octanol–water partition coefficient (Wildman–Crippen LogP) is -0.848. The molecular formula is C19H32N6O5. The zero-order chi connectivity index (χ0) is 22.8. The van der Waals surface area contributed by atoms with Crippen molar-refractivity contribution in [3.8, 4) is 0 Å². The van der Waals surface area contributed by atoms with Crippen molar-refractivity contribution < 1.29 is 24.3 Å². The summed E-state index contributed by atoms with van der Waals surface area (Å²) < 4.78 is 0. The van der Waals surface area contributed by atoms with Gasteiger partial charge in [0.2, 0.25) is 17.7 Å². The van der Waals surface area contributed by atoms with Gasteiger partial charge in [0.15, 0.2) is 0 Å². The van der Waals surface area contributed by atoms with E-state index < -0.39 is 41.8 Å². The molecule has 7 N–H and O–H groups in total. The minimum absolute atomic E-state index is 0.0691. The second-order valence-electron chi connectivity index (χ2n) is 7.92. The van der Waals surface area contributed by atoms with Crippen LogP contribution in [0.3, 0.4) is 0 Å². The van der Waals surface area contributed by atoms with Gasteiger partial charge in [0.05, 0.1) is 18.9 Å². The van der Waals surface area contributed by atoms with Crippen molar-refractivity contribution in [2.45, 2.75) is 58.7 Å². The molecule has 1 rings (SSSR count). The maximum atomic E-state index is 12.5. The molecule has 11 heteroatoms. The molecule has 1 heterocycles. The van der Waals surface area contributed by atoms with Gasteiger partial charge in [-0.1, -0.05) is 27.7 Å². The molecule has 1 aromatic rings. The van der Waals surface area contributed by atoms with Crippen LogP contribution in [-0.2, 0) is 25.6 Å². The van der Waals surface area contributed by atoms with E-state index in [9.17, 15) is 24.3 Å². The average Bonchev–Trinajstić information content (AvgIpc) is 3.15.